The average molecular weight is 1970 g/mol. The van der Waals surface area contributed by atoms with Crippen molar-refractivity contribution in [3.8, 4) is 0 Å². The summed E-state index contributed by atoms with van der Waals surface area (Å²) in [5.74, 6) is -4.55. The maximum Gasteiger partial charge on any atom is 0.308 e. The maximum absolute atomic E-state index is 15.3. The van der Waals surface area contributed by atoms with Gasteiger partial charge in [0, 0.05) is 30.1 Å². The SMILES string of the molecule is CC[C@H](C)[C@H](C[C@@H](CC(=O)O[C@H]1C(C)O[C@@H](OC(=N)C(Cl)(Cl)Cl)C(OC[C@@H]2O[C@@H](C)[C@H](O[C@@H]3OC[C@H](OCc4ccccc4)C(O[C@@H]4OC[C@H](OCc5ccccc5)C(OCc5ccccc5)C4C)C3C)C3OC(C)(C)OC32)C1C)O[Si](C)(C)C(C)(C)C)OC(=O)C[C@H](C[C@H](O[C@@H]1O[C@H](CO[Si](C)(C)C(C)(C)C)C(O[Si](C)(C)C(C)(C)C)C1C)[C@@H](C)CC)O[Si](C)(C)C(C)(C)C. The summed E-state index contributed by atoms with van der Waals surface area (Å²) < 4.78 is 143. The van der Waals surface area contributed by atoms with Gasteiger partial charge in [0.2, 0.25) is 12.2 Å². The first-order valence-corrected chi connectivity index (χ1v) is 61.0. The predicted molar refractivity (Wildman–Crippen MR) is 522 cm³/mol. The summed E-state index contributed by atoms with van der Waals surface area (Å²) >= 11 is 19.0. The highest BCUT2D eigenvalue weighted by atomic mass is 35.6. The van der Waals surface area contributed by atoms with Gasteiger partial charge in [0.25, 0.3) is 3.79 Å². The Balaban J connectivity index is 0.916. The molecule has 746 valence electrons. The third-order valence-electron chi connectivity index (χ3n) is 29.7. The summed E-state index contributed by atoms with van der Waals surface area (Å²) in [6.07, 6.45) is -13.4. The van der Waals surface area contributed by atoms with Crippen LogP contribution < -0.4 is 0 Å². The molecule has 0 aliphatic carbocycles. The summed E-state index contributed by atoms with van der Waals surface area (Å²) in [6, 6.07) is 30.1. The molecule has 31 heteroatoms. The van der Waals surface area contributed by atoms with Crippen LogP contribution in [0.3, 0.4) is 0 Å². The number of fused-ring (bicyclic) bond motifs is 1. The normalized spacial score (nSPS) is 31.1. The maximum atomic E-state index is 15.3. The van der Waals surface area contributed by atoms with Gasteiger partial charge in [0.05, 0.1) is 108 Å². The zero-order valence-corrected chi connectivity index (χ0v) is 91.3. The zero-order chi connectivity index (χ0) is 97.3. The minimum absolute atomic E-state index is 0.00780. The number of halogens is 3. The zero-order valence-electron chi connectivity index (χ0n) is 85.0. The molecule has 6 fully saturated rings. The number of ether oxygens (including phenoxy) is 17. The third-order valence-corrected chi connectivity index (χ3v) is 48.3. The molecule has 0 radical (unpaired) electrons. The molecule has 24 nitrogen and oxygen atoms in total. The van der Waals surface area contributed by atoms with Gasteiger partial charge < -0.3 is 98.2 Å². The quantitative estimate of drug-likeness (QED) is 0.0182. The van der Waals surface area contributed by atoms with Crippen LogP contribution in [0.5, 0.6) is 0 Å². The van der Waals surface area contributed by atoms with E-state index in [1.54, 1.807) is 6.92 Å². The second-order valence-electron chi connectivity index (χ2n) is 44.6. The van der Waals surface area contributed by atoms with Gasteiger partial charge in [0.1, 0.15) is 61.0 Å². The Labute approximate surface area is 805 Å². The molecule has 0 amide bonds. The standard InChI is InChI=1S/C100H166Cl3NO23Si4/c1-33-61(3)74(116-80(105)52-73(126-130(29,30)97(17,18)19)51-75(62(4)34-2)117-92-66(8)85(127-131(31,32)98(20,21)22)79(118-92)60-113-128(25,26)95(11,12)13)50-72(125-129(27,28)96(14,15)16)53-81(106)119-82-63(5)86(93(115-67(82)9)122-94(104)100(101,102)103)110-59-78-88-89(124-99(23,24)123-88)87(68(10)114-78)121-91-65(7)84(77(58-112-91)108-55-70-46-40-36-41-47-70)120-90-64(6)83(109-56-71-48-42-37-43-49-71)76(57-111-90)107-54-69-44-38-35-39-45-69/h35-49,61-68,72-79,82-93,104H,33-34,50-60H2,1-32H3/t61-,62-,63?,64?,65?,66?,67?,68-,72-,73-,74-,75-,76-,77-,78-,79+,82+,83?,84?,85?,86?,87-,88?,89?,90-,91-,92+,93-/m0/s1. The minimum Gasteiger partial charge on any atom is -0.462 e. The van der Waals surface area contributed by atoms with Gasteiger partial charge in [-0.05, 0) is 135 Å². The van der Waals surface area contributed by atoms with E-state index in [1.165, 1.54) is 0 Å². The lowest BCUT2D eigenvalue weighted by Gasteiger charge is -2.48. The van der Waals surface area contributed by atoms with Crippen molar-refractivity contribution in [3.63, 3.8) is 0 Å². The van der Waals surface area contributed by atoms with Gasteiger partial charge in [-0.25, -0.2) is 0 Å². The van der Waals surface area contributed by atoms with Crippen LogP contribution >= 0.6 is 34.8 Å². The van der Waals surface area contributed by atoms with Gasteiger partial charge in [-0.2, -0.15) is 0 Å². The molecule has 0 bridgehead atoms. The largest absolute Gasteiger partial charge is 0.462 e. The highest BCUT2D eigenvalue weighted by Crippen LogP contribution is 2.49. The van der Waals surface area contributed by atoms with Crippen LogP contribution in [0.2, 0.25) is 72.5 Å². The summed E-state index contributed by atoms with van der Waals surface area (Å²) in [4.78, 5) is 30.5. The van der Waals surface area contributed by atoms with E-state index in [2.05, 4.69) is 177 Å². The molecule has 6 aliphatic rings. The molecule has 6 saturated heterocycles. The molecule has 0 saturated carbocycles. The van der Waals surface area contributed by atoms with Crippen molar-refractivity contribution in [1.82, 2.24) is 0 Å². The fraction of sp³-hybridized carbons (Fsp3) is 0.790. The molecule has 6 aliphatic heterocycles. The molecule has 28 atom stereocenters. The number of hydrogen-bond acceptors (Lipinski definition) is 24. The van der Waals surface area contributed by atoms with Crippen molar-refractivity contribution in [1.29, 1.82) is 5.41 Å². The van der Waals surface area contributed by atoms with Crippen LogP contribution in [-0.4, -0.2) is 222 Å². The number of rotatable bonds is 42. The molecule has 9 rings (SSSR count). The van der Waals surface area contributed by atoms with E-state index in [9.17, 15) is 0 Å². The highest BCUT2D eigenvalue weighted by Gasteiger charge is 2.59. The summed E-state index contributed by atoms with van der Waals surface area (Å²) in [7, 11) is -9.77. The number of alkyl halides is 3. The van der Waals surface area contributed by atoms with Crippen LogP contribution in [0.25, 0.3) is 0 Å². The Hall–Kier alpha value is -2.91. The molecule has 3 aromatic rings. The fourth-order valence-corrected chi connectivity index (χ4v) is 22.1. The lowest BCUT2D eigenvalue weighted by atomic mass is 9.90. The van der Waals surface area contributed by atoms with E-state index in [0.29, 0.717) is 39.3 Å². The lowest BCUT2D eigenvalue weighted by Crippen LogP contribution is -2.61. The molecule has 0 aromatic heterocycles. The van der Waals surface area contributed by atoms with E-state index < -0.39 is 189 Å². The Bertz CT molecular complexity index is 4000. The average Bonchev–Trinajstić information content (AvgIpc) is 1.39. The molecular formula is C100H166Cl3NO23Si4. The first-order valence-electron chi connectivity index (χ1n) is 48.2. The minimum atomic E-state index is -2.69. The van der Waals surface area contributed by atoms with Crippen LogP contribution in [0.15, 0.2) is 91.0 Å². The van der Waals surface area contributed by atoms with Crippen molar-refractivity contribution in [2.24, 2.45) is 35.5 Å². The molecule has 0 spiro atoms. The monoisotopic (exact) mass is 1970 g/mol. The van der Waals surface area contributed by atoms with E-state index in [0.717, 1.165) is 23.1 Å². The molecule has 6 heterocycles. The van der Waals surface area contributed by atoms with Crippen LogP contribution in [0.4, 0.5) is 0 Å². The molecule has 11 unspecified atom stereocenters. The number of carbonyl (C=O) groups is 2. The predicted octanol–water partition coefficient (Wildman–Crippen LogP) is 22.4. The second kappa shape index (κ2) is 46.7. The smallest absolute Gasteiger partial charge is 0.308 e. The molecule has 1 N–H and O–H groups in total. The van der Waals surface area contributed by atoms with Crippen LogP contribution in [0, 0.1) is 40.9 Å². The molecule has 131 heavy (non-hydrogen) atoms. The first-order chi connectivity index (χ1) is 60.7. The number of esters is 2. The summed E-state index contributed by atoms with van der Waals surface area (Å²) in [5, 5.41) is 8.28. The highest BCUT2D eigenvalue weighted by molar-refractivity contribution is 6.76. The first kappa shape index (κ1) is 112. The van der Waals surface area contributed by atoms with Gasteiger partial charge in [0.15, 0.2) is 57.9 Å². The van der Waals surface area contributed by atoms with E-state index in [-0.39, 0.29) is 101 Å². The van der Waals surface area contributed by atoms with Crippen molar-refractivity contribution < 1.29 is 108 Å². The van der Waals surface area contributed by atoms with E-state index in [1.807, 2.05) is 126 Å². The number of carbonyl (C=O) groups excluding carboxylic acids is 2. The van der Waals surface area contributed by atoms with Gasteiger partial charge in [-0.1, -0.05) is 277 Å². The van der Waals surface area contributed by atoms with Gasteiger partial charge in [-0.15, -0.1) is 0 Å². The van der Waals surface area contributed by atoms with Crippen LogP contribution in [0.1, 0.15) is 221 Å². The Morgan fingerprint density at radius 3 is 1.39 bits per heavy atom. The van der Waals surface area contributed by atoms with E-state index >= 15 is 9.59 Å². The Morgan fingerprint density at radius 1 is 0.466 bits per heavy atom. The Kier molecular flexibility index (Phi) is 39.8. The van der Waals surface area contributed by atoms with Crippen molar-refractivity contribution >= 4 is 85.9 Å². The summed E-state index contributed by atoms with van der Waals surface area (Å²) in [6.45, 7) is 70.0. The number of hydrogen-bond donors (Lipinski definition) is 1. The van der Waals surface area contributed by atoms with Crippen molar-refractivity contribution in [2.45, 2.75) is 442 Å². The lowest BCUT2D eigenvalue weighted by molar-refractivity contribution is -0.340. The summed E-state index contributed by atoms with van der Waals surface area (Å²) in [5.41, 5.74) is 3.06. The van der Waals surface area contributed by atoms with Crippen molar-refractivity contribution in [2.75, 3.05) is 26.4 Å². The van der Waals surface area contributed by atoms with Crippen molar-refractivity contribution in [3.05, 3.63) is 108 Å². The topological polar surface area (TPSA) is 252 Å². The molecular weight excluding hydrogens is 1800 g/mol. The van der Waals surface area contributed by atoms with Gasteiger partial charge in [-0.3, -0.25) is 15.0 Å². The molecule has 3 aromatic carbocycles. The number of nitrogens with one attached hydrogen (secondary N) is 1. The third kappa shape index (κ3) is 30.3. The Morgan fingerprint density at radius 2 is 0.901 bits per heavy atom. The number of benzene rings is 3. The van der Waals surface area contributed by atoms with E-state index in [4.69, 9.17) is 138 Å². The van der Waals surface area contributed by atoms with Crippen LogP contribution in [-0.2, 0) is 128 Å². The second-order valence-corrected chi connectivity index (χ2v) is 66.0. The van der Waals surface area contributed by atoms with Gasteiger partial charge >= 0.3 is 11.9 Å². The fourth-order valence-electron chi connectivity index (χ4n) is 16.8.